The van der Waals surface area contributed by atoms with Crippen LogP contribution in [0.3, 0.4) is 0 Å². The molecule has 2 aromatic rings. The first-order valence-electron chi connectivity index (χ1n) is 5.99. The molecule has 1 aromatic carbocycles. The highest BCUT2D eigenvalue weighted by molar-refractivity contribution is 9.10. The van der Waals surface area contributed by atoms with Crippen LogP contribution in [0.4, 0.5) is 0 Å². The molecular weight excluding hydrogens is 376 g/mol. The standard InChI is InChI=1S/C14H12Br2O3/c1-6-9-3-10-8(4-15)5-18-12(10)7(2)13(9)19-14(17)11(6)16/h3,8H,4-5H2,1-2H3. The summed E-state index contributed by atoms with van der Waals surface area (Å²) in [5.41, 5.74) is 3.29. The van der Waals surface area contributed by atoms with Gasteiger partial charge in [0.15, 0.2) is 0 Å². The van der Waals surface area contributed by atoms with E-state index >= 15 is 0 Å². The number of fused-ring (bicyclic) bond motifs is 2. The molecule has 0 amide bonds. The van der Waals surface area contributed by atoms with Crippen LogP contribution in [-0.2, 0) is 0 Å². The molecule has 0 saturated carbocycles. The molecule has 0 aliphatic carbocycles. The Kier molecular flexibility index (Phi) is 3.21. The Morgan fingerprint density at radius 3 is 2.79 bits per heavy atom. The third-order valence-electron chi connectivity index (χ3n) is 3.65. The first-order valence-corrected chi connectivity index (χ1v) is 7.91. The van der Waals surface area contributed by atoms with Crippen LogP contribution in [0, 0.1) is 13.8 Å². The minimum atomic E-state index is -0.344. The van der Waals surface area contributed by atoms with Gasteiger partial charge in [0.05, 0.1) is 6.61 Å². The molecule has 5 heteroatoms. The molecule has 19 heavy (non-hydrogen) atoms. The molecule has 0 radical (unpaired) electrons. The highest BCUT2D eigenvalue weighted by Crippen LogP contribution is 2.42. The Balaban J connectivity index is 2.43. The lowest BCUT2D eigenvalue weighted by molar-refractivity contribution is 0.337. The number of benzene rings is 1. The molecule has 0 fully saturated rings. The summed E-state index contributed by atoms with van der Waals surface area (Å²) >= 11 is 6.81. The maximum atomic E-state index is 11.8. The van der Waals surface area contributed by atoms with Crippen LogP contribution in [0.1, 0.15) is 22.6 Å². The molecule has 0 bridgehead atoms. The van der Waals surface area contributed by atoms with Crippen LogP contribution >= 0.6 is 31.9 Å². The van der Waals surface area contributed by atoms with Crippen molar-refractivity contribution in [2.24, 2.45) is 0 Å². The quantitative estimate of drug-likeness (QED) is 0.547. The minimum absolute atomic E-state index is 0.344. The van der Waals surface area contributed by atoms with Gasteiger partial charge in [-0.1, -0.05) is 15.9 Å². The van der Waals surface area contributed by atoms with Gasteiger partial charge in [-0.2, -0.15) is 0 Å². The zero-order valence-electron chi connectivity index (χ0n) is 10.5. The van der Waals surface area contributed by atoms with E-state index in [1.807, 2.05) is 13.8 Å². The average Bonchev–Trinajstić information content (AvgIpc) is 2.81. The summed E-state index contributed by atoms with van der Waals surface area (Å²) < 4.78 is 11.6. The second-order valence-corrected chi connectivity index (χ2v) is 6.23. The van der Waals surface area contributed by atoms with Crippen LogP contribution in [0.15, 0.2) is 19.8 Å². The highest BCUT2D eigenvalue weighted by atomic mass is 79.9. The van der Waals surface area contributed by atoms with Crippen LogP contribution < -0.4 is 10.4 Å². The number of ether oxygens (including phenoxy) is 1. The maximum absolute atomic E-state index is 11.8. The van der Waals surface area contributed by atoms with Crippen molar-refractivity contribution >= 4 is 42.8 Å². The van der Waals surface area contributed by atoms with E-state index in [0.29, 0.717) is 22.6 Å². The maximum Gasteiger partial charge on any atom is 0.350 e. The molecule has 1 unspecified atom stereocenters. The molecule has 0 saturated heterocycles. The summed E-state index contributed by atoms with van der Waals surface area (Å²) in [5, 5.41) is 1.83. The Morgan fingerprint density at radius 1 is 1.37 bits per heavy atom. The van der Waals surface area contributed by atoms with Gasteiger partial charge in [-0.05, 0) is 41.4 Å². The fraction of sp³-hybridized carbons (Fsp3) is 0.357. The number of hydrogen-bond donors (Lipinski definition) is 0. The zero-order valence-corrected chi connectivity index (χ0v) is 13.7. The van der Waals surface area contributed by atoms with E-state index in [9.17, 15) is 4.79 Å². The lowest BCUT2D eigenvalue weighted by atomic mass is 9.97. The van der Waals surface area contributed by atoms with Crippen molar-refractivity contribution in [2.75, 3.05) is 11.9 Å². The Labute approximate surface area is 127 Å². The molecule has 100 valence electrons. The van der Waals surface area contributed by atoms with E-state index in [1.165, 1.54) is 5.56 Å². The van der Waals surface area contributed by atoms with Crippen molar-refractivity contribution in [3.05, 3.63) is 37.6 Å². The molecular formula is C14H12Br2O3. The first kappa shape index (κ1) is 13.2. The second kappa shape index (κ2) is 4.63. The van der Waals surface area contributed by atoms with Crippen molar-refractivity contribution in [3.8, 4) is 5.75 Å². The van der Waals surface area contributed by atoms with Gasteiger partial charge in [0.1, 0.15) is 15.8 Å². The summed E-state index contributed by atoms with van der Waals surface area (Å²) in [5.74, 6) is 1.21. The Morgan fingerprint density at radius 2 is 2.11 bits per heavy atom. The molecule has 1 aliphatic rings. The predicted octanol–water partition coefficient (Wildman–Crippen LogP) is 4.04. The van der Waals surface area contributed by atoms with Gasteiger partial charge in [-0.15, -0.1) is 0 Å². The van der Waals surface area contributed by atoms with Crippen molar-refractivity contribution < 1.29 is 9.15 Å². The molecule has 2 heterocycles. The zero-order chi connectivity index (χ0) is 13.7. The first-order chi connectivity index (χ1) is 9.04. The third kappa shape index (κ3) is 1.86. The van der Waals surface area contributed by atoms with Crippen LogP contribution in [0.5, 0.6) is 5.75 Å². The normalized spacial score (nSPS) is 17.6. The SMILES string of the molecule is Cc1c(Br)c(=O)oc2c(C)c3c(cc12)C(CBr)CO3. The summed E-state index contributed by atoms with van der Waals surface area (Å²) in [4.78, 5) is 11.8. The van der Waals surface area contributed by atoms with Crippen LogP contribution in [0.25, 0.3) is 11.0 Å². The van der Waals surface area contributed by atoms with Crippen molar-refractivity contribution in [1.82, 2.24) is 0 Å². The van der Waals surface area contributed by atoms with Gasteiger partial charge in [0.2, 0.25) is 0 Å². The van der Waals surface area contributed by atoms with Gasteiger partial charge >= 0.3 is 5.63 Å². The molecule has 3 rings (SSSR count). The van der Waals surface area contributed by atoms with E-state index in [2.05, 4.69) is 37.9 Å². The monoisotopic (exact) mass is 386 g/mol. The molecule has 0 spiro atoms. The highest BCUT2D eigenvalue weighted by Gasteiger charge is 2.27. The van der Waals surface area contributed by atoms with E-state index < -0.39 is 0 Å². The van der Waals surface area contributed by atoms with E-state index in [0.717, 1.165) is 27.6 Å². The predicted molar refractivity (Wildman–Crippen MR) is 81.7 cm³/mol. The lowest BCUT2D eigenvalue weighted by Gasteiger charge is -2.10. The Bertz CT molecular complexity index is 734. The van der Waals surface area contributed by atoms with E-state index in [-0.39, 0.29) is 5.63 Å². The van der Waals surface area contributed by atoms with E-state index in [4.69, 9.17) is 9.15 Å². The fourth-order valence-corrected chi connectivity index (χ4v) is 3.35. The largest absolute Gasteiger partial charge is 0.492 e. The summed E-state index contributed by atoms with van der Waals surface area (Å²) in [7, 11) is 0. The second-order valence-electron chi connectivity index (χ2n) is 4.79. The van der Waals surface area contributed by atoms with Gasteiger partial charge in [-0.25, -0.2) is 4.79 Å². The molecule has 1 aromatic heterocycles. The van der Waals surface area contributed by atoms with Gasteiger partial charge in [0.25, 0.3) is 0 Å². The topological polar surface area (TPSA) is 39.4 Å². The molecule has 0 N–H and O–H groups in total. The summed E-state index contributed by atoms with van der Waals surface area (Å²) in [6, 6.07) is 2.08. The van der Waals surface area contributed by atoms with Crippen LogP contribution in [0.2, 0.25) is 0 Å². The van der Waals surface area contributed by atoms with Crippen molar-refractivity contribution in [1.29, 1.82) is 0 Å². The van der Waals surface area contributed by atoms with Crippen LogP contribution in [-0.4, -0.2) is 11.9 Å². The lowest BCUT2D eigenvalue weighted by Crippen LogP contribution is -2.04. The minimum Gasteiger partial charge on any atom is -0.492 e. The number of rotatable bonds is 1. The Hall–Kier alpha value is -0.810. The van der Waals surface area contributed by atoms with Gasteiger partial charge in [0, 0.05) is 27.8 Å². The number of alkyl halides is 1. The summed E-state index contributed by atoms with van der Waals surface area (Å²) in [6.45, 7) is 4.53. The third-order valence-corrected chi connectivity index (χ3v) is 5.35. The molecule has 1 atom stereocenters. The molecule has 1 aliphatic heterocycles. The van der Waals surface area contributed by atoms with Crippen molar-refractivity contribution in [2.45, 2.75) is 19.8 Å². The van der Waals surface area contributed by atoms with Crippen molar-refractivity contribution in [3.63, 3.8) is 0 Å². The van der Waals surface area contributed by atoms with E-state index in [1.54, 1.807) is 0 Å². The van der Waals surface area contributed by atoms with Gasteiger partial charge in [-0.3, -0.25) is 0 Å². The fourth-order valence-electron chi connectivity index (χ4n) is 2.52. The number of aryl methyl sites for hydroxylation is 2. The number of hydrogen-bond acceptors (Lipinski definition) is 3. The smallest absolute Gasteiger partial charge is 0.350 e. The number of halogens is 2. The van der Waals surface area contributed by atoms with Gasteiger partial charge < -0.3 is 9.15 Å². The molecule has 3 nitrogen and oxygen atoms in total. The summed E-state index contributed by atoms with van der Waals surface area (Å²) in [6.07, 6.45) is 0. The average molecular weight is 388 g/mol.